The Morgan fingerprint density at radius 1 is 0.689 bits per heavy atom. The monoisotopic (exact) mass is 828 g/mol. The summed E-state index contributed by atoms with van der Waals surface area (Å²) in [6, 6.07) is 20.2. The first-order valence-corrected chi connectivity index (χ1v) is 21.1. The molecule has 0 atom stereocenters. The number of aromatic amines is 2. The van der Waals surface area contributed by atoms with Crippen LogP contribution in [0.4, 0.5) is 23.3 Å². The molecular weight excluding hydrogens is 777 g/mol. The van der Waals surface area contributed by atoms with E-state index in [-0.39, 0.29) is 6.29 Å². The zero-order chi connectivity index (χ0) is 41.2. The second-order valence-corrected chi connectivity index (χ2v) is 15.0. The number of H-pyrrole nitrogens is 2. The van der Waals surface area contributed by atoms with E-state index < -0.39 is 0 Å². The number of benzene rings is 2. The SMILES string of the molecule is COCCCc1nc(N2CCOCC2)cc(N(N=Cc2c[nH]c3ccccc23)N(N=Cc2c[nH]c3ccccc23)c2cc(N3CCOCC3)nc(CCC3OCCCO3)n2)n1. The number of aromatic nitrogens is 6. The molecule has 318 valence electrons. The summed E-state index contributed by atoms with van der Waals surface area (Å²) in [6.07, 6.45) is 10.6. The van der Waals surface area contributed by atoms with E-state index in [1.807, 2.05) is 73.4 Å². The van der Waals surface area contributed by atoms with Crippen LogP contribution in [0, 0.1) is 0 Å². The number of hydrazone groups is 2. The van der Waals surface area contributed by atoms with Gasteiger partial charge in [0.25, 0.3) is 0 Å². The zero-order valence-electron chi connectivity index (χ0n) is 34.5. The zero-order valence-corrected chi connectivity index (χ0v) is 34.5. The van der Waals surface area contributed by atoms with Crippen LogP contribution in [-0.4, -0.2) is 128 Å². The molecule has 3 aliphatic rings. The van der Waals surface area contributed by atoms with Crippen molar-refractivity contribution in [3.8, 4) is 0 Å². The summed E-state index contributed by atoms with van der Waals surface area (Å²) in [6.45, 7) is 7.08. The predicted molar refractivity (Wildman–Crippen MR) is 236 cm³/mol. The topological polar surface area (TPSA) is 167 Å². The second kappa shape index (κ2) is 19.6. The molecule has 2 N–H and O–H groups in total. The minimum atomic E-state index is -0.322. The van der Waals surface area contributed by atoms with Crippen molar-refractivity contribution in [3.63, 3.8) is 0 Å². The van der Waals surface area contributed by atoms with Crippen LogP contribution in [0.1, 0.15) is 42.0 Å². The number of hydrogen-bond donors (Lipinski definition) is 2. The van der Waals surface area contributed by atoms with E-state index in [1.165, 1.54) is 0 Å². The number of hydrogen-bond acceptors (Lipinski definition) is 15. The lowest BCUT2D eigenvalue weighted by Gasteiger charge is -2.32. The number of aryl methyl sites for hydroxylation is 2. The Balaban J connectivity index is 1.21. The third kappa shape index (κ3) is 9.82. The summed E-state index contributed by atoms with van der Waals surface area (Å²) in [7, 11) is 1.71. The molecule has 0 amide bonds. The molecule has 0 radical (unpaired) electrons. The lowest BCUT2D eigenvalue weighted by Crippen LogP contribution is -2.40. The maximum absolute atomic E-state index is 5.93. The second-order valence-electron chi connectivity index (χ2n) is 15.0. The van der Waals surface area contributed by atoms with E-state index in [1.54, 1.807) is 17.3 Å². The summed E-state index contributed by atoms with van der Waals surface area (Å²) in [5.41, 5.74) is 3.80. The standard InChI is InChI=1S/C44H52N12O5/c1-57-19-6-12-38-49-40(53-15-22-58-23-16-53)26-42(51-38)55(47-30-32-28-45-36-10-4-2-8-34(32)36)56(48-31-33-29-46-37-11-5-3-9-35(33)37)43-27-41(54-17-24-59-25-18-54)50-39(52-43)13-14-44-60-20-7-21-61-44/h2-5,8-11,26-31,44-46H,6-7,12-25H2,1H3. The molecule has 17 heteroatoms. The van der Waals surface area contributed by atoms with Crippen LogP contribution >= 0.6 is 0 Å². The normalized spacial score (nSPS) is 16.7. The lowest BCUT2D eigenvalue weighted by molar-refractivity contribution is -0.180. The number of nitrogens with one attached hydrogen (secondary N) is 2. The third-order valence-corrected chi connectivity index (χ3v) is 10.9. The molecule has 0 unspecified atom stereocenters. The van der Waals surface area contributed by atoms with Crippen molar-refractivity contribution < 1.29 is 23.7 Å². The van der Waals surface area contributed by atoms with Gasteiger partial charge in [0, 0.05) is 117 Å². The molecule has 0 aliphatic carbocycles. The fraction of sp³-hybridized carbons (Fsp3) is 0.409. The molecule has 2 aromatic carbocycles. The Bertz CT molecular complexity index is 2420. The van der Waals surface area contributed by atoms with Crippen molar-refractivity contribution in [1.29, 1.82) is 0 Å². The highest BCUT2D eigenvalue weighted by Gasteiger charge is 2.26. The predicted octanol–water partition coefficient (Wildman–Crippen LogP) is 5.47. The average molecular weight is 829 g/mol. The van der Waals surface area contributed by atoms with Gasteiger partial charge in [0.15, 0.2) is 17.9 Å². The largest absolute Gasteiger partial charge is 0.385 e. The van der Waals surface area contributed by atoms with Gasteiger partial charge in [0.2, 0.25) is 0 Å². The number of anilines is 4. The highest BCUT2D eigenvalue weighted by atomic mass is 16.7. The van der Waals surface area contributed by atoms with Crippen LogP contribution < -0.4 is 20.0 Å². The van der Waals surface area contributed by atoms with Crippen molar-refractivity contribution >= 4 is 57.5 Å². The summed E-state index contributed by atoms with van der Waals surface area (Å²) >= 11 is 0. The van der Waals surface area contributed by atoms with Crippen LogP contribution in [0.5, 0.6) is 0 Å². The average Bonchev–Trinajstić information content (AvgIpc) is 3.94. The Morgan fingerprint density at radius 3 is 1.72 bits per heavy atom. The van der Waals surface area contributed by atoms with Crippen molar-refractivity contribution in [3.05, 3.63) is 95.8 Å². The van der Waals surface area contributed by atoms with Crippen molar-refractivity contribution in [2.75, 3.05) is 99.6 Å². The first-order valence-electron chi connectivity index (χ1n) is 21.1. The number of hydrazine groups is 1. The van der Waals surface area contributed by atoms with Gasteiger partial charge in [-0.25, -0.2) is 19.9 Å². The summed E-state index contributed by atoms with van der Waals surface area (Å²) in [4.78, 5) is 31.8. The van der Waals surface area contributed by atoms with Crippen LogP contribution in [0.2, 0.25) is 0 Å². The van der Waals surface area contributed by atoms with E-state index in [2.05, 4.69) is 31.9 Å². The molecular formula is C44H52N12O5. The molecule has 9 rings (SSSR count). The van der Waals surface area contributed by atoms with Gasteiger partial charge in [-0.3, -0.25) is 0 Å². The van der Waals surface area contributed by atoms with Crippen molar-refractivity contribution in [2.45, 2.75) is 38.4 Å². The molecule has 3 aliphatic heterocycles. The number of methoxy groups -OCH3 is 1. The Labute approximate surface area is 354 Å². The molecule has 3 fully saturated rings. The minimum absolute atomic E-state index is 0.322. The van der Waals surface area contributed by atoms with Gasteiger partial charge in [-0.2, -0.15) is 10.2 Å². The number of nitrogens with zero attached hydrogens (tertiary/aromatic N) is 10. The van der Waals surface area contributed by atoms with Gasteiger partial charge in [-0.1, -0.05) is 36.4 Å². The van der Waals surface area contributed by atoms with Gasteiger partial charge < -0.3 is 43.5 Å². The number of ether oxygens (including phenoxy) is 5. The lowest BCUT2D eigenvalue weighted by atomic mass is 10.2. The molecule has 0 spiro atoms. The quantitative estimate of drug-likeness (QED) is 0.0717. The van der Waals surface area contributed by atoms with Crippen LogP contribution in [0.15, 0.2) is 83.3 Å². The number of morpholine rings is 2. The number of para-hydroxylation sites is 2. The van der Waals surface area contributed by atoms with E-state index in [4.69, 9.17) is 53.8 Å². The molecule has 6 aromatic rings. The first-order chi connectivity index (χ1) is 30.2. The molecule has 61 heavy (non-hydrogen) atoms. The number of fused-ring (bicyclic) bond motifs is 2. The molecule has 0 saturated carbocycles. The van der Waals surface area contributed by atoms with Gasteiger partial charge in [0.1, 0.15) is 23.3 Å². The molecule has 7 heterocycles. The van der Waals surface area contributed by atoms with Gasteiger partial charge in [0.05, 0.1) is 52.1 Å². The fourth-order valence-corrected chi connectivity index (χ4v) is 7.65. The maximum Gasteiger partial charge on any atom is 0.179 e. The van der Waals surface area contributed by atoms with Crippen LogP contribution in [-0.2, 0) is 36.5 Å². The van der Waals surface area contributed by atoms with Crippen molar-refractivity contribution in [1.82, 2.24) is 29.9 Å². The Morgan fingerprint density at radius 2 is 1.20 bits per heavy atom. The van der Waals surface area contributed by atoms with E-state index in [0.29, 0.717) is 115 Å². The van der Waals surface area contributed by atoms with E-state index in [9.17, 15) is 0 Å². The fourth-order valence-electron chi connectivity index (χ4n) is 7.65. The maximum atomic E-state index is 5.93. The van der Waals surface area contributed by atoms with Gasteiger partial charge >= 0.3 is 0 Å². The first kappa shape index (κ1) is 40.4. The number of rotatable bonds is 16. The van der Waals surface area contributed by atoms with Gasteiger partial charge in [-0.05, 0) is 25.0 Å². The minimum Gasteiger partial charge on any atom is -0.385 e. The molecule has 3 saturated heterocycles. The van der Waals surface area contributed by atoms with Crippen molar-refractivity contribution in [2.24, 2.45) is 10.2 Å². The highest BCUT2D eigenvalue weighted by Crippen LogP contribution is 2.30. The van der Waals surface area contributed by atoms with E-state index >= 15 is 0 Å². The van der Waals surface area contributed by atoms with Crippen LogP contribution in [0.3, 0.4) is 0 Å². The molecule has 4 aromatic heterocycles. The third-order valence-electron chi connectivity index (χ3n) is 10.9. The molecule has 0 bridgehead atoms. The van der Waals surface area contributed by atoms with E-state index in [0.717, 1.165) is 57.4 Å². The summed E-state index contributed by atoms with van der Waals surface area (Å²) in [5, 5.41) is 16.0. The summed E-state index contributed by atoms with van der Waals surface area (Å²) in [5.74, 6) is 3.83. The van der Waals surface area contributed by atoms with Gasteiger partial charge in [-0.15, -0.1) is 10.2 Å². The molecule has 17 nitrogen and oxygen atoms in total. The van der Waals surface area contributed by atoms with Crippen LogP contribution in [0.25, 0.3) is 21.8 Å². The highest BCUT2D eigenvalue weighted by molar-refractivity contribution is 6.00. The summed E-state index contributed by atoms with van der Waals surface area (Å²) < 4.78 is 28.8. The Hall–Kier alpha value is -5.98. The smallest absolute Gasteiger partial charge is 0.179 e. The Kier molecular flexibility index (Phi) is 13.0.